The summed E-state index contributed by atoms with van der Waals surface area (Å²) in [6, 6.07) is 7.81. The van der Waals surface area contributed by atoms with E-state index in [1.165, 1.54) is 25.7 Å². The van der Waals surface area contributed by atoms with Crippen LogP contribution in [0, 0.1) is 5.41 Å². The summed E-state index contributed by atoms with van der Waals surface area (Å²) in [5.74, 6) is -0.766. The third-order valence-electron chi connectivity index (χ3n) is 6.41. The van der Waals surface area contributed by atoms with Crippen molar-refractivity contribution in [3.8, 4) is 0 Å². The number of carbonyl (C=O) groups is 2. The first-order valence-corrected chi connectivity index (χ1v) is 10.2. The number of hydrogen-bond donors (Lipinski definition) is 1. The summed E-state index contributed by atoms with van der Waals surface area (Å²) in [6.07, 6.45) is 9.00. The van der Waals surface area contributed by atoms with Crippen molar-refractivity contribution in [3.05, 3.63) is 41.0 Å². The lowest BCUT2D eigenvalue weighted by atomic mass is 9.77. The maximum atomic E-state index is 12.7. The summed E-state index contributed by atoms with van der Waals surface area (Å²) in [6.45, 7) is 5.72. The molecule has 0 aromatic heterocycles. The van der Waals surface area contributed by atoms with E-state index in [4.69, 9.17) is 0 Å². The highest BCUT2D eigenvalue weighted by molar-refractivity contribution is 5.98. The van der Waals surface area contributed by atoms with E-state index in [1.807, 2.05) is 29.2 Å². The highest BCUT2D eigenvalue weighted by Crippen LogP contribution is 2.46. The van der Waals surface area contributed by atoms with Crippen LogP contribution < -0.4 is 0 Å². The standard InChI is InChI=1S/C23H31NO3/c1-17(2)20-8-4-3-7-18(20)15-19(22(26)27)16-21(25)24-13-11-23(12-14-24)9-5-6-10-23/h3-4,7-8,15,17H,5-6,9-14,16H2,1-2H3,(H,26,27)/b19-15+. The van der Waals surface area contributed by atoms with Gasteiger partial charge in [-0.05, 0) is 54.2 Å². The normalized spacial score (nSPS) is 19.7. The molecular formula is C23H31NO3. The van der Waals surface area contributed by atoms with Crippen molar-refractivity contribution in [2.75, 3.05) is 13.1 Å². The molecule has 1 aliphatic heterocycles. The van der Waals surface area contributed by atoms with Gasteiger partial charge in [-0.1, -0.05) is 51.0 Å². The summed E-state index contributed by atoms with van der Waals surface area (Å²) in [5.41, 5.74) is 2.62. The van der Waals surface area contributed by atoms with E-state index in [1.54, 1.807) is 6.08 Å². The van der Waals surface area contributed by atoms with Gasteiger partial charge in [0.25, 0.3) is 0 Å². The van der Waals surface area contributed by atoms with E-state index < -0.39 is 5.97 Å². The summed E-state index contributed by atoms with van der Waals surface area (Å²) in [7, 11) is 0. The maximum Gasteiger partial charge on any atom is 0.332 e. The topological polar surface area (TPSA) is 57.6 Å². The number of rotatable bonds is 5. The first-order chi connectivity index (χ1) is 12.9. The Hall–Kier alpha value is -2.10. The molecule has 1 aromatic rings. The van der Waals surface area contributed by atoms with Crippen molar-refractivity contribution < 1.29 is 14.7 Å². The summed E-state index contributed by atoms with van der Waals surface area (Å²) < 4.78 is 0. The van der Waals surface area contributed by atoms with Crippen LogP contribution in [0.3, 0.4) is 0 Å². The number of carboxylic acid groups (broad SMARTS) is 1. The van der Waals surface area contributed by atoms with Crippen LogP contribution in [0.1, 0.15) is 75.8 Å². The third-order valence-corrected chi connectivity index (χ3v) is 6.41. The quantitative estimate of drug-likeness (QED) is 0.755. The van der Waals surface area contributed by atoms with Gasteiger partial charge < -0.3 is 10.0 Å². The third kappa shape index (κ3) is 4.60. The van der Waals surface area contributed by atoms with Crippen molar-refractivity contribution in [2.24, 2.45) is 5.41 Å². The highest BCUT2D eigenvalue weighted by atomic mass is 16.4. The van der Waals surface area contributed by atoms with Gasteiger partial charge in [-0.3, -0.25) is 4.79 Å². The molecule has 1 saturated carbocycles. The van der Waals surface area contributed by atoms with Gasteiger partial charge in [0.05, 0.1) is 6.42 Å². The van der Waals surface area contributed by atoms with E-state index in [2.05, 4.69) is 13.8 Å². The number of benzene rings is 1. The number of nitrogens with zero attached hydrogens (tertiary/aromatic N) is 1. The molecular weight excluding hydrogens is 338 g/mol. The number of carboxylic acids is 1. The van der Waals surface area contributed by atoms with Gasteiger partial charge in [0.1, 0.15) is 0 Å². The molecule has 0 bridgehead atoms. The predicted octanol–water partition coefficient (Wildman–Crippen LogP) is 4.85. The molecule has 146 valence electrons. The molecule has 1 N–H and O–H groups in total. The predicted molar refractivity (Wildman–Crippen MR) is 107 cm³/mol. The molecule has 1 aliphatic carbocycles. The van der Waals surface area contributed by atoms with Crippen molar-refractivity contribution in [2.45, 2.75) is 64.7 Å². The van der Waals surface area contributed by atoms with Crippen molar-refractivity contribution in [1.29, 1.82) is 0 Å². The fourth-order valence-electron chi connectivity index (χ4n) is 4.67. The molecule has 1 aromatic carbocycles. The molecule has 4 heteroatoms. The Morgan fingerprint density at radius 3 is 2.33 bits per heavy atom. The highest BCUT2D eigenvalue weighted by Gasteiger charge is 2.38. The molecule has 1 amide bonds. The lowest BCUT2D eigenvalue weighted by molar-refractivity contribution is -0.137. The average molecular weight is 370 g/mol. The molecule has 1 saturated heterocycles. The Labute approximate surface area is 162 Å². The number of amides is 1. The first-order valence-electron chi connectivity index (χ1n) is 10.2. The molecule has 27 heavy (non-hydrogen) atoms. The zero-order valence-electron chi connectivity index (χ0n) is 16.5. The van der Waals surface area contributed by atoms with Crippen LogP contribution in [0.2, 0.25) is 0 Å². The van der Waals surface area contributed by atoms with E-state index in [0.717, 1.165) is 37.1 Å². The zero-order valence-corrected chi connectivity index (χ0v) is 16.5. The molecule has 1 heterocycles. The zero-order chi connectivity index (χ0) is 19.4. The van der Waals surface area contributed by atoms with E-state index >= 15 is 0 Å². The monoisotopic (exact) mass is 369 g/mol. The molecule has 0 radical (unpaired) electrons. The summed E-state index contributed by atoms with van der Waals surface area (Å²) in [4.78, 5) is 26.4. The van der Waals surface area contributed by atoms with Gasteiger partial charge in [0.2, 0.25) is 5.91 Å². The van der Waals surface area contributed by atoms with E-state index in [-0.39, 0.29) is 17.9 Å². The number of piperidine rings is 1. The van der Waals surface area contributed by atoms with Crippen LogP contribution in [0.5, 0.6) is 0 Å². The van der Waals surface area contributed by atoms with Gasteiger partial charge in [0, 0.05) is 18.7 Å². The Morgan fingerprint density at radius 2 is 1.74 bits per heavy atom. The van der Waals surface area contributed by atoms with Crippen LogP contribution in [0.15, 0.2) is 29.8 Å². The molecule has 2 aliphatic rings. The molecule has 3 rings (SSSR count). The van der Waals surface area contributed by atoms with Gasteiger partial charge in [-0.25, -0.2) is 4.79 Å². The van der Waals surface area contributed by atoms with Gasteiger partial charge in [-0.2, -0.15) is 0 Å². The lowest BCUT2D eigenvalue weighted by Crippen LogP contribution is -2.42. The largest absolute Gasteiger partial charge is 0.478 e. The van der Waals surface area contributed by atoms with Crippen LogP contribution in [0.4, 0.5) is 0 Å². The summed E-state index contributed by atoms with van der Waals surface area (Å²) in [5, 5.41) is 9.64. The smallest absolute Gasteiger partial charge is 0.332 e. The first kappa shape index (κ1) is 19.7. The maximum absolute atomic E-state index is 12.7. The van der Waals surface area contributed by atoms with E-state index in [0.29, 0.717) is 11.3 Å². The molecule has 0 unspecified atom stereocenters. The minimum atomic E-state index is -1.01. The van der Waals surface area contributed by atoms with E-state index in [9.17, 15) is 14.7 Å². The fraction of sp³-hybridized carbons (Fsp3) is 0.565. The van der Waals surface area contributed by atoms with Crippen LogP contribution in [-0.4, -0.2) is 35.0 Å². The Kier molecular flexibility index (Phi) is 6.03. The van der Waals surface area contributed by atoms with Crippen LogP contribution in [-0.2, 0) is 9.59 Å². The minimum Gasteiger partial charge on any atom is -0.478 e. The van der Waals surface area contributed by atoms with Gasteiger partial charge in [0.15, 0.2) is 0 Å². The molecule has 2 fully saturated rings. The van der Waals surface area contributed by atoms with Crippen LogP contribution in [0.25, 0.3) is 6.08 Å². The molecule has 1 spiro atoms. The summed E-state index contributed by atoms with van der Waals surface area (Å²) >= 11 is 0. The Morgan fingerprint density at radius 1 is 1.11 bits per heavy atom. The van der Waals surface area contributed by atoms with Gasteiger partial charge in [-0.15, -0.1) is 0 Å². The second-order valence-electron chi connectivity index (χ2n) is 8.52. The second-order valence-corrected chi connectivity index (χ2v) is 8.52. The Balaban J connectivity index is 1.70. The second kappa shape index (κ2) is 8.28. The minimum absolute atomic E-state index is 0.0330. The Bertz CT molecular complexity index is 719. The number of carbonyl (C=O) groups excluding carboxylic acids is 1. The van der Waals surface area contributed by atoms with Gasteiger partial charge >= 0.3 is 5.97 Å². The molecule has 4 nitrogen and oxygen atoms in total. The fourth-order valence-corrected chi connectivity index (χ4v) is 4.67. The lowest BCUT2D eigenvalue weighted by Gasteiger charge is -2.39. The number of hydrogen-bond acceptors (Lipinski definition) is 2. The average Bonchev–Trinajstić information content (AvgIpc) is 3.09. The number of likely N-dealkylation sites (tertiary alicyclic amines) is 1. The van der Waals surface area contributed by atoms with Crippen molar-refractivity contribution in [1.82, 2.24) is 4.90 Å². The van der Waals surface area contributed by atoms with Crippen molar-refractivity contribution >= 4 is 18.0 Å². The van der Waals surface area contributed by atoms with Crippen molar-refractivity contribution in [3.63, 3.8) is 0 Å². The molecule has 0 atom stereocenters. The SMILES string of the molecule is CC(C)c1ccccc1/C=C(\CC(=O)N1CCC2(CCCC2)CC1)C(=O)O. The number of aliphatic carboxylic acids is 1. The van der Waals surface area contributed by atoms with Crippen LogP contribution >= 0.6 is 0 Å².